The fraction of sp³-hybridized carbons (Fsp3) is 0.364. The van der Waals surface area contributed by atoms with E-state index in [9.17, 15) is 4.79 Å². The predicted octanol–water partition coefficient (Wildman–Crippen LogP) is 3.39. The van der Waals surface area contributed by atoms with Gasteiger partial charge in [-0.05, 0) is 11.8 Å². The van der Waals surface area contributed by atoms with Crippen LogP contribution in [0.4, 0.5) is 0 Å². The molecule has 18 heavy (non-hydrogen) atoms. The van der Waals surface area contributed by atoms with Crippen LogP contribution in [0.5, 0.6) is 0 Å². The van der Waals surface area contributed by atoms with E-state index in [0.29, 0.717) is 0 Å². The summed E-state index contributed by atoms with van der Waals surface area (Å²) in [5.41, 5.74) is -2.26. The fourth-order valence-electron chi connectivity index (χ4n) is 0.390. The van der Waals surface area contributed by atoms with E-state index in [0.717, 1.165) is 0 Å². The van der Waals surface area contributed by atoms with E-state index in [-0.39, 0.29) is 11.7 Å². The van der Waals surface area contributed by atoms with E-state index < -0.39 is 5.69 Å². The number of carbonyl (C=O) groups excluding carboxylic acids is 1. The Morgan fingerprint density at radius 3 is 1.72 bits per heavy atom. The molecule has 0 aliphatic heterocycles. The van der Waals surface area contributed by atoms with Crippen molar-refractivity contribution in [1.82, 2.24) is 5.32 Å². The molecule has 0 aromatic heterocycles. The van der Waals surface area contributed by atoms with Gasteiger partial charge in [0.25, 0.3) is 0 Å². The Morgan fingerprint density at radius 2 is 1.50 bits per heavy atom. The van der Waals surface area contributed by atoms with E-state index in [4.69, 9.17) is 20.9 Å². The molecule has 0 unspecified atom stereocenters. The van der Waals surface area contributed by atoms with Crippen LogP contribution in [-0.4, -0.2) is 32.9 Å². The van der Waals surface area contributed by atoms with E-state index in [1.165, 1.54) is 25.6 Å². The van der Waals surface area contributed by atoms with Crippen LogP contribution < -0.4 is 5.32 Å². The first-order valence-corrected chi connectivity index (χ1v) is 8.87. The maximum atomic E-state index is 10.8. The van der Waals surface area contributed by atoms with Gasteiger partial charge in [0.05, 0.1) is 5.75 Å². The summed E-state index contributed by atoms with van der Waals surface area (Å²) in [6.07, 6.45) is 0. The van der Waals surface area contributed by atoms with Gasteiger partial charge >= 0.3 is 0 Å². The van der Waals surface area contributed by atoms with Crippen molar-refractivity contribution < 1.29 is 13.8 Å². The zero-order valence-corrected chi connectivity index (χ0v) is 14.0. The third kappa shape index (κ3) is 18.0. The number of hydrogen-bond acceptors (Lipinski definition) is 5. The molecule has 108 valence electrons. The topological polar surface area (TPSA) is 47.6 Å². The highest BCUT2D eigenvalue weighted by atomic mass is 32.9. The normalized spacial score (nSPS) is 8.17. The van der Waals surface area contributed by atoms with Crippen LogP contribution in [0, 0.1) is 0 Å². The molecule has 1 amide bonds. The highest BCUT2D eigenvalue weighted by Gasteiger charge is 2.17. The predicted molar refractivity (Wildman–Crippen MR) is 88.6 cm³/mol. The van der Waals surface area contributed by atoms with E-state index in [1.807, 2.05) is 0 Å². The Bertz CT molecular complexity index is 228. The van der Waals surface area contributed by atoms with Crippen LogP contribution >= 0.6 is 17.1 Å². The van der Waals surface area contributed by atoms with Crippen molar-refractivity contribution >= 4 is 34.8 Å². The molecule has 0 rings (SSSR count). The van der Waals surface area contributed by atoms with Crippen LogP contribution in [0.2, 0.25) is 0 Å². The molecule has 0 bridgehead atoms. The summed E-state index contributed by atoms with van der Waals surface area (Å²) in [6, 6.07) is 0. The van der Waals surface area contributed by atoms with Crippen molar-refractivity contribution in [3.05, 3.63) is 39.5 Å². The van der Waals surface area contributed by atoms with Crippen LogP contribution in [0.1, 0.15) is 0 Å². The molecular weight excluding hydrogens is 289 g/mol. The highest BCUT2D eigenvalue weighted by molar-refractivity contribution is 8.68. The fourth-order valence-corrected chi connectivity index (χ4v) is 3.10. The molecule has 0 aromatic carbocycles. The maximum absolute atomic E-state index is 10.8. The van der Waals surface area contributed by atoms with Gasteiger partial charge in [0, 0.05) is 21.3 Å². The maximum Gasteiger partial charge on any atom is 0.247 e. The first kappa shape index (κ1) is 26.2. The van der Waals surface area contributed by atoms with Gasteiger partial charge in [-0.1, -0.05) is 11.4 Å². The van der Waals surface area contributed by atoms with Gasteiger partial charge in [0.2, 0.25) is 11.6 Å². The van der Waals surface area contributed by atoms with Gasteiger partial charge in [0.1, 0.15) is 0 Å². The largest absolute Gasteiger partial charge is 0.358 e. The van der Waals surface area contributed by atoms with Gasteiger partial charge in [-0.2, -0.15) is 0 Å². The van der Waals surface area contributed by atoms with Crippen molar-refractivity contribution in [1.29, 1.82) is 0 Å². The molecule has 0 fully saturated rings. The van der Waals surface area contributed by atoms with Crippen molar-refractivity contribution in [2.24, 2.45) is 0 Å². The summed E-state index contributed by atoms with van der Waals surface area (Å²) < 4.78 is 9.94. The number of nitrogens with one attached hydrogen (secondary N) is 1. The SMILES string of the molecule is C=C.C=C.C=C.CNC(=O)CSP(=S)(OC)OC. The standard InChI is InChI=1S/C5H12NO3PS2.3C2H4/c1-6-5(7)4-12-10(11,8-2)9-3;3*1-2/h4H2,1-3H3,(H,6,7);3*1-2H2. The highest BCUT2D eigenvalue weighted by Crippen LogP contribution is 2.59. The van der Waals surface area contributed by atoms with E-state index in [1.54, 1.807) is 7.05 Å². The second kappa shape index (κ2) is 21.9. The second-order valence-corrected chi connectivity index (χ2v) is 8.28. The summed E-state index contributed by atoms with van der Waals surface area (Å²) in [4.78, 5) is 10.8. The molecule has 0 aliphatic carbocycles. The summed E-state index contributed by atoms with van der Waals surface area (Å²) in [5.74, 6) is 0.193. The van der Waals surface area contributed by atoms with Gasteiger partial charge < -0.3 is 14.4 Å². The Morgan fingerprint density at radius 1 is 1.17 bits per heavy atom. The Balaban J connectivity index is -0.000000141. The number of hydrogen-bond donors (Lipinski definition) is 1. The number of amides is 1. The molecule has 0 atom stereocenters. The molecule has 0 aromatic rings. The van der Waals surface area contributed by atoms with Crippen LogP contribution in [0.15, 0.2) is 39.5 Å². The lowest BCUT2D eigenvalue weighted by Crippen LogP contribution is -2.19. The average molecular weight is 313 g/mol. The molecular formula is C11H24NO3PS2. The molecule has 0 spiro atoms. The first-order valence-electron chi connectivity index (χ1n) is 4.64. The van der Waals surface area contributed by atoms with Crippen molar-refractivity contribution in [3.8, 4) is 0 Å². The third-order valence-electron chi connectivity index (χ3n) is 1.08. The molecule has 0 saturated carbocycles. The summed E-state index contributed by atoms with van der Waals surface area (Å²) >= 11 is 6.25. The lowest BCUT2D eigenvalue weighted by atomic mass is 10.7. The van der Waals surface area contributed by atoms with E-state index >= 15 is 0 Å². The molecule has 0 aliphatic rings. The lowest BCUT2D eigenvalue weighted by molar-refractivity contribution is -0.118. The number of rotatable bonds is 5. The van der Waals surface area contributed by atoms with Crippen molar-refractivity contribution in [3.63, 3.8) is 0 Å². The van der Waals surface area contributed by atoms with E-state index in [2.05, 4.69) is 44.8 Å². The summed E-state index contributed by atoms with van der Waals surface area (Å²) in [6.45, 7) is 18.0. The number of carbonyl (C=O) groups is 1. The minimum atomic E-state index is -2.26. The third-order valence-corrected chi connectivity index (χ3v) is 6.76. The average Bonchev–Trinajstić information content (AvgIpc) is 2.50. The van der Waals surface area contributed by atoms with Gasteiger partial charge in [0.15, 0.2) is 0 Å². The molecule has 0 heterocycles. The Hall–Kier alpha value is -0.390. The second-order valence-electron chi connectivity index (χ2n) is 1.76. The smallest absolute Gasteiger partial charge is 0.247 e. The Kier molecular flexibility index (Phi) is 31.8. The molecule has 1 N–H and O–H groups in total. The summed E-state index contributed by atoms with van der Waals surface area (Å²) in [5, 5.41) is 2.49. The molecule has 0 radical (unpaired) electrons. The van der Waals surface area contributed by atoms with Gasteiger partial charge in [-0.25, -0.2) is 0 Å². The molecule has 0 saturated heterocycles. The van der Waals surface area contributed by atoms with Crippen molar-refractivity contribution in [2.45, 2.75) is 0 Å². The Labute approximate surface area is 120 Å². The lowest BCUT2D eigenvalue weighted by Gasteiger charge is -2.15. The van der Waals surface area contributed by atoms with Crippen molar-refractivity contribution in [2.75, 3.05) is 27.0 Å². The van der Waals surface area contributed by atoms with Gasteiger partial charge in [-0.15, -0.1) is 39.5 Å². The molecule has 7 heteroatoms. The van der Waals surface area contributed by atoms with Crippen LogP contribution in [-0.2, 0) is 25.6 Å². The van der Waals surface area contributed by atoms with Gasteiger partial charge in [-0.3, -0.25) is 4.79 Å². The monoisotopic (exact) mass is 313 g/mol. The first-order chi connectivity index (χ1) is 8.58. The zero-order chi connectivity index (χ0) is 15.6. The minimum Gasteiger partial charge on any atom is -0.358 e. The minimum absolute atomic E-state index is 0.0803. The summed E-state index contributed by atoms with van der Waals surface area (Å²) in [7, 11) is 4.55. The quantitative estimate of drug-likeness (QED) is 0.623. The molecule has 4 nitrogen and oxygen atoms in total. The zero-order valence-electron chi connectivity index (χ0n) is 11.4. The van der Waals surface area contributed by atoms with Crippen LogP contribution in [0.3, 0.4) is 0 Å². The van der Waals surface area contributed by atoms with Crippen LogP contribution in [0.25, 0.3) is 0 Å².